The molecule has 774 valence electrons. The summed E-state index contributed by atoms with van der Waals surface area (Å²) in [6.07, 6.45) is 36.9. The molecule has 0 spiro atoms. The third-order valence-electron chi connectivity index (χ3n) is 27.0. The van der Waals surface area contributed by atoms with Crippen LogP contribution in [0.3, 0.4) is 0 Å². The quantitative estimate of drug-likeness (QED) is 0.0237. The summed E-state index contributed by atoms with van der Waals surface area (Å²) in [4.78, 5) is 19.2. The average Bonchev–Trinajstić information content (AvgIpc) is 1.63. The van der Waals surface area contributed by atoms with E-state index in [4.69, 9.17) is 20.9 Å². The van der Waals surface area contributed by atoms with Crippen LogP contribution in [0.4, 0.5) is 33.2 Å². The number of hydrogen-bond acceptors (Lipinski definition) is 18. The number of anilines is 5. The van der Waals surface area contributed by atoms with Crippen molar-refractivity contribution in [2.75, 3.05) is 81.9 Å². The number of fused-ring (bicyclic) bond motifs is 1. The minimum Gasteiger partial charge on any atom is -0.444 e. The zero-order chi connectivity index (χ0) is 102. The van der Waals surface area contributed by atoms with E-state index in [1.807, 2.05) is 32.9 Å². The first-order valence-corrected chi connectivity index (χ1v) is 60.4. The van der Waals surface area contributed by atoms with Gasteiger partial charge in [-0.25, -0.2) is 46.9 Å². The van der Waals surface area contributed by atoms with Gasteiger partial charge in [-0.1, -0.05) is 187 Å². The Kier molecular flexibility index (Phi) is 49.1. The lowest BCUT2D eigenvalue weighted by Gasteiger charge is -2.36. The molecule has 6 aromatic rings. The number of nitrogens with zero attached hydrogens (tertiary/aromatic N) is 3. The summed E-state index contributed by atoms with van der Waals surface area (Å²) in [5.74, 6) is 2.05. The number of ether oxygens (including phenoxy) is 2. The Morgan fingerprint density at radius 3 is 1.00 bits per heavy atom. The Bertz CT molecular complexity index is 5060. The largest absolute Gasteiger partial charge is 0.444 e. The third-order valence-corrected chi connectivity index (χ3v) is 40.5. The number of benzene rings is 6. The van der Waals surface area contributed by atoms with Crippen LogP contribution < -0.4 is 31.5 Å². The maximum atomic E-state index is 12.1. The van der Waals surface area contributed by atoms with E-state index in [1.165, 1.54) is 68.1 Å². The molecule has 0 radical (unpaired) electrons. The predicted octanol–water partition coefficient (Wildman–Crippen LogP) is 25.6. The summed E-state index contributed by atoms with van der Waals surface area (Å²) < 4.78 is 129. The standard InChI is InChI=1S/C27H45NO4S.C25H35NO2S.C23H39NO3S.C21H36N2O2S.C17H29NO2S/c1-26(2,3)32-25(29)28-24-18-17-23(20-24)22-15-13-21(14-16-22)12-10-8-7-9-11-19-33(30,31)27(4,5)6;1-25(2,3)29(27,28)20-10-6-4-5-7-11-21-14-16-23(17-15-21)26-19-18-22-12-8-9-13-24(22)26;1-19-17-24(18-20(2)27-19)22-14-12-21(13-15-22)11-9-7-6-8-10-16-28(25,26)23(3,4)5;1-21(2,3)26(24,25)16-8-6-4-5-7-9-18-10-12-20(13-11-18)23-15-14-19(22)17-23;1-17(2,3)21(19,20)14-8-6-4-5-7-9-15-10-12-16(18)13-11-15/h13-16,23-24H,7-12,17-20H2,1-6H3,(H,28,29);8-9,12-17H,4-7,10-11,18-20H2,1-3H3;12-15,19-20H,6-11,16-18H2,1-5H3;10-13,19H,4-9,14-17,22H2,1-3H3;10-13H,4-9,14,18H2,1-3H3/t;;19-,20+;;. The van der Waals surface area contributed by atoms with E-state index in [-0.39, 0.29) is 24.3 Å². The number of morpholine rings is 1. The van der Waals surface area contributed by atoms with E-state index in [1.54, 1.807) is 104 Å². The molecule has 137 heavy (non-hydrogen) atoms. The summed E-state index contributed by atoms with van der Waals surface area (Å²) in [5, 5.41) is 3.02. The fourth-order valence-electron chi connectivity index (χ4n) is 17.4. The Morgan fingerprint density at radius 2 is 0.672 bits per heavy atom. The van der Waals surface area contributed by atoms with Gasteiger partial charge in [-0.2, -0.15) is 0 Å². The van der Waals surface area contributed by atoms with Crippen molar-refractivity contribution >= 4 is 83.7 Å². The van der Waals surface area contributed by atoms with Gasteiger partial charge in [0, 0.05) is 73.2 Å². The second kappa shape index (κ2) is 56.5. The SMILES string of the molecule is CC(C)(C)OC(=O)NC1CCC(c2ccc(CCCCCCCS(=O)(=O)C(C)(C)C)cc2)C1.CC(C)(C)S(=O)(=O)CCCCCCCc1ccc(N)cc1.CC(C)(C)S(=O)(=O)CCCCCCCc1ccc(N2CCC(N)C2)cc1.CC(C)(C)S(=O)(=O)CCCCCCCc1ccc(N2CCc3ccccc32)cc1.C[C@@H]1CN(c2ccc(CCCCCCCS(=O)(=O)C(C)(C)C)cc2)C[C@H](C)O1. The number of carbonyl (C=O) groups excluding carboxylic acids is 1. The molecule has 4 aliphatic rings. The molecule has 0 aromatic heterocycles. The molecular formula is C113H184N6O13S5. The monoisotopic (exact) mass is 1990 g/mol. The van der Waals surface area contributed by atoms with E-state index in [0.29, 0.717) is 40.7 Å². The number of nitrogens with one attached hydrogen (secondary N) is 1. The van der Waals surface area contributed by atoms with Crippen LogP contribution >= 0.6 is 0 Å². The predicted molar refractivity (Wildman–Crippen MR) is 582 cm³/mol. The van der Waals surface area contributed by atoms with Crippen molar-refractivity contribution in [1.29, 1.82) is 0 Å². The first-order chi connectivity index (χ1) is 64.0. The minimum absolute atomic E-state index is 0.183. The van der Waals surface area contributed by atoms with Gasteiger partial charge in [0.2, 0.25) is 0 Å². The molecule has 3 fully saturated rings. The molecule has 5 N–H and O–H groups in total. The van der Waals surface area contributed by atoms with Crippen LogP contribution in [-0.4, -0.2) is 163 Å². The number of amides is 1. The van der Waals surface area contributed by atoms with Gasteiger partial charge < -0.3 is 41.0 Å². The Morgan fingerprint density at radius 1 is 0.365 bits per heavy atom. The Hall–Kier alpha value is -6.54. The smallest absolute Gasteiger partial charge is 0.407 e. The summed E-state index contributed by atoms with van der Waals surface area (Å²) in [6, 6.07) is 53.0. The van der Waals surface area contributed by atoms with Crippen LogP contribution in [0, 0.1) is 0 Å². The number of hydrogen-bond donors (Lipinski definition) is 3. The lowest BCUT2D eigenvalue weighted by molar-refractivity contribution is -0.00523. The summed E-state index contributed by atoms with van der Waals surface area (Å²) in [7, 11) is -14.8. The Balaban J connectivity index is 0.000000265. The first kappa shape index (κ1) is 119. The number of para-hydroxylation sites is 1. The van der Waals surface area contributed by atoms with E-state index < -0.39 is 78.5 Å². The van der Waals surface area contributed by atoms with Gasteiger partial charge in [0.25, 0.3) is 0 Å². The van der Waals surface area contributed by atoms with Crippen molar-refractivity contribution in [1.82, 2.24) is 5.32 Å². The summed E-state index contributed by atoms with van der Waals surface area (Å²) in [6.45, 7) is 41.6. The molecule has 3 unspecified atom stereocenters. The second-order valence-electron chi connectivity index (χ2n) is 45.3. The van der Waals surface area contributed by atoms with Gasteiger partial charge in [0.1, 0.15) is 5.60 Å². The molecule has 1 aliphatic carbocycles. The molecule has 6 aromatic carbocycles. The van der Waals surface area contributed by atoms with E-state index in [9.17, 15) is 46.9 Å². The normalized spacial score (nSPS) is 17.4. The topological polar surface area (TPSA) is 280 Å². The van der Waals surface area contributed by atoms with Gasteiger partial charge in [0.05, 0.1) is 64.7 Å². The number of aryl methyl sites for hydroxylation is 5. The fourth-order valence-corrected chi connectivity index (χ4v) is 23.4. The van der Waals surface area contributed by atoms with Crippen molar-refractivity contribution in [3.8, 4) is 0 Å². The number of nitrogens with two attached hydrogens (primary N) is 2. The molecule has 0 bridgehead atoms. The third kappa shape index (κ3) is 44.1. The zero-order valence-corrected chi connectivity index (χ0v) is 92.5. The Labute approximate surface area is 834 Å². The van der Waals surface area contributed by atoms with Crippen molar-refractivity contribution in [3.05, 3.63) is 185 Å². The molecule has 3 aliphatic heterocycles. The van der Waals surface area contributed by atoms with Crippen molar-refractivity contribution in [2.45, 2.75) is 423 Å². The first-order valence-electron chi connectivity index (χ1n) is 52.1. The maximum Gasteiger partial charge on any atom is 0.407 e. The van der Waals surface area contributed by atoms with Crippen molar-refractivity contribution in [3.63, 3.8) is 0 Å². The van der Waals surface area contributed by atoms with Crippen LogP contribution in [-0.2, 0) is 97.2 Å². The molecular weight excluding hydrogens is 1810 g/mol. The molecule has 1 amide bonds. The molecule has 2 saturated heterocycles. The average molecular weight is 2000 g/mol. The number of sulfone groups is 5. The molecule has 5 atom stereocenters. The van der Waals surface area contributed by atoms with Gasteiger partial charge in [0.15, 0.2) is 49.2 Å². The van der Waals surface area contributed by atoms with Gasteiger partial charge in [-0.3, -0.25) is 0 Å². The maximum absolute atomic E-state index is 12.1. The van der Waals surface area contributed by atoms with Crippen molar-refractivity contribution in [2.24, 2.45) is 5.73 Å². The summed E-state index contributed by atoms with van der Waals surface area (Å²) >= 11 is 0. The van der Waals surface area contributed by atoms with Crippen LogP contribution in [0.2, 0.25) is 0 Å². The molecule has 19 nitrogen and oxygen atoms in total. The number of rotatable bonds is 45. The number of alkyl carbamates (subject to hydrolysis) is 1. The molecule has 10 rings (SSSR count). The number of nitrogen functional groups attached to an aromatic ring is 1. The van der Waals surface area contributed by atoms with Crippen molar-refractivity contribution < 1.29 is 56.4 Å². The number of carbonyl (C=O) groups is 1. The van der Waals surface area contributed by atoms with Crippen LogP contribution in [0.15, 0.2) is 146 Å². The van der Waals surface area contributed by atoms with Gasteiger partial charge in [-0.15, -0.1) is 0 Å². The van der Waals surface area contributed by atoms with Crippen LogP contribution in [0.5, 0.6) is 0 Å². The fraction of sp³-hybridized carbons (Fsp3) is 0.673. The molecule has 24 heteroatoms. The molecule has 1 saturated carbocycles. The van der Waals surface area contributed by atoms with Gasteiger partial charge in [-0.05, 0) is 366 Å². The van der Waals surface area contributed by atoms with Crippen LogP contribution in [0.1, 0.15) is 370 Å². The highest BCUT2D eigenvalue weighted by Gasteiger charge is 2.34. The van der Waals surface area contributed by atoms with E-state index in [2.05, 4.69) is 167 Å². The van der Waals surface area contributed by atoms with Gasteiger partial charge >= 0.3 is 6.09 Å². The number of unbranched alkanes of at least 4 members (excludes halogenated alkanes) is 20. The van der Waals surface area contributed by atoms with Crippen LogP contribution in [0.25, 0.3) is 0 Å². The van der Waals surface area contributed by atoms with E-state index >= 15 is 0 Å². The lowest BCUT2D eigenvalue weighted by atomic mass is 9.95. The zero-order valence-electron chi connectivity index (χ0n) is 88.4. The second-order valence-corrected chi connectivity index (χ2v) is 59.6. The highest BCUT2D eigenvalue weighted by Crippen LogP contribution is 2.38. The highest BCUT2D eigenvalue weighted by molar-refractivity contribution is 7.93. The minimum atomic E-state index is -2.99. The lowest BCUT2D eigenvalue weighted by Crippen LogP contribution is -2.45. The van der Waals surface area contributed by atoms with E-state index in [0.717, 1.165) is 257 Å². The summed E-state index contributed by atoms with van der Waals surface area (Å²) in [5.41, 5.74) is 26.8. The highest BCUT2D eigenvalue weighted by atomic mass is 32.2. The molecule has 3 heterocycles.